The van der Waals surface area contributed by atoms with Gasteiger partial charge < -0.3 is 0 Å². The monoisotopic (exact) mass is 400 g/mol. The maximum absolute atomic E-state index is 4.94. The highest BCUT2D eigenvalue weighted by Gasteiger charge is 2.21. The molecule has 0 atom stereocenters. The van der Waals surface area contributed by atoms with Gasteiger partial charge in [-0.1, -0.05) is 84.9 Å². The molecular weight excluding hydrogens is 380 g/mol. The van der Waals surface area contributed by atoms with E-state index >= 15 is 0 Å². The lowest BCUT2D eigenvalue weighted by molar-refractivity contribution is 0.902. The Morgan fingerprint density at radius 1 is 0.645 bits per heavy atom. The maximum atomic E-state index is 4.94. The highest BCUT2D eigenvalue weighted by molar-refractivity contribution is 5.90. The number of para-hydroxylation sites is 1. The number of rotatable bonds is 3. The maximum Gasteiger partial charge on any atom is 0.238 e. The molecule has 1 aliphatic carbocycles. The number of hydrogen-bond donors (Lipinski definition) is 0. The Morgan fingerprint density at radius 2 is 1.26 bits per heavy atom. The van der Waals surface area contributed by atoms with Gasteiger partial charge in [-0.15, -0.1) is 0 Å². The lowest BCUT2D eigenvalue weighted by atomic mass is 10.0. The van der Waals surface area contributed by atoms with Crippen molar-refractivity contribution in [1.82, 2.24) is 19.5 Å². The van der Waals surface area contributed by atoms with Crippen molar-refractivity contribution in [2.75, 3.05) is 0 Å². The summed E-state index contributed by atoms with van der Waals surface area (Å²) in [6, 6.07) is 28.7. The molecule has 0 amide bonds. The largest absolute Gasteiger partial charge is 0.278 e. The minimum Gasteiger partial charge on any atom is -0.278 e. The molecule has 31 heavy (non-hydrogen) atoms. The molecule has 0 saturated carbocycles. The minimum atomic E-state index is 0.650. The van der Waals surface area contributed by atoms with Crippen LogP contribution in [-0.4, -0.2) is 19.5 Å². The van der Waals surface area contributed by atoms with Crippen molar-refractivity contribution in [2.45, 2.75) is 12.8 Å². The molecule has 0 spiro atoms. The average Bonchev–Trinajstić information content (AvgIpc) is 3.19. The zero-order chi connectivity index (χ0) is 20.6. The molecule has 0 N–H and O–H groups in total. The zero-order valence-electron chi connectivity index (χ0n) is 16.9. The fraction of sp³-hybridized carbons (Fsp3) is 0.0741. The molecule has 0 fully saturated rings. The molecular formula is C27H20N4. The van der Waals surface area contributed by atoms with Crippen LogP contribution >= 0.6 is 0 Å². The lowest BCUT2D eigenvalue weighted by Gasteiger charge is -2.13. The van der Waals surface area contributed by atoms with Crippen LogP contribution in [0, 0.1) is 0 Å². The molecule has 148 valence electrons. The van der Waals surface area contributed by atoms with E-state index in [1.807, 2.05) is 60.7 Å². The van der Waals surface area contributed by atoms with Gasteiger partial charge in [0.05, 0.1) is 11.2 Å². The summed E-state index contributed by atoms with van der Waals surface area (Å²) in [5.41, 5.74) is 5.61. The second-order valence-electron chi connectivity index (χ2n) is 7.67. The first kappa shape index (κ1) is 17.8. The van der Waals surface area contributed by atoms with E-state index in [2.05, 4.69) is 41.0 Å². The highest BCUT2D eigenvalue weighted by Crippen LogP contribution is 2.33. The second-order valence-corrected chi connectivity index (χ2v) is 7.67. The normalized spacial score (nSPS) is 12.8. The average molecular weight is 400 g/mol. The summed E-state index contributed by atoms with van der Waals surface area (Å²) in [6.07, 6.45) is 6.52. The molecule has 5 aromatic rings. The van der Waals surface area contributed by atoms with Crippen LogP contribution in [0.4, 0.5) is 0 Å². The van der Waals surface area contributed by atoms with E-state index < -0.39 is 0 Å². The van der Waals surface area contributed by atoms with Crippen molar-refractivity contribution in [1.29, 1.82) is 0 Å². The van der Waals surface area contributed by atoms with Gasteiger partial charge in [0.15, 0.2) is 11.6 Å². The van der Waals surface area contributed by atoms with E-state index in [1.165, 1.54) is 10.9 Å². The number of aromatic nitrogens is 4. The van der Waals surface area contributed by atoms with E-state index in [0.717, 1.165) is 35.2 Å². The molecule has 0 radical (unpaired) electrons. The van der Waals surface area contributed by atoms with Crippen molar-refractivity contribution >= 4 is 17.0 Å². The Hall–Kier alpha value is -4.05. The van der Waals surface area contributed by atoms with Crippen molar-refractivity contribution < 1.29 is 0 Å². The van der Waals surface area contributed by atoms with Gasteiger partial charge in [0, 0.05) is 16.5 Å². The van der Waals surface area contributed by atoms with Gasteiger partial charge in [-0.2, -0.15) is 9.97 Å². The second kappa shape index (κ2) is 7.33. The zero-order valence-corrected chi connectivity index (χ0v) is 16.9. The van der Waals surface area contributed by atoms with Crippen molar-refractivity contribution in [2.24, 2.45) is 0 Å². The Kier molecular flexibility index (Phi) is 4.20. The number of fused-ring (bicyclic) bond motifs is 3. The van der Waals surface area contributed by atoms with Crippen LogP contribution < -0.4 is 0 Å². The van der Waals surface area contributed by atoms with Gasteiger partial charge in [-0.3, -0.25) is 4.57 Å². The number of benzene rings is 3. The van der Waals surface area contributed by atoms with Crippen LogP contribution in [0.1, 0.15) is 17.7 Å². The standard InChI is InChI=1S/C27H20N4/c1-3-11-19(12-4-1)25-28-26(20-13-5-2-6-14-20)30-27(29-25)31-23-17-9-7-15-21(23)22-16-8-10-18-24(22)31/h1-7,9-15,17-18H,8,16H2. The van der Waals surface area contributed by atoms with E-state index in [-0.39, 0.29) is 0 Å². The van der Waals surface area contributed by atoms with Crippen LogP contribution in [0.2, 0.25) is 0 Å². The summed E-state index contributed by atoms with van der Waals surface area (Å²) in [6.45, 7) is 0. The molecule has 0 unspecified atom stereocenters. The number of nitrogens with zero attached hydrogens (tertiary/aromatic N) is 4. The quantitative estimate of drug-likeness (QED) is 0.367. The van der Waals surface area contributed by atoms with Crippen LogP contribution in [-0.2, 0) is 6.42 Å². The molecule has 2 aromatic heterocycles. The van der Waals surface area contributed by atoms with Crippen LogP contribution in [0.5, 0.6) is 0 Å². The van der Waals surface area contributed by atoms with E-state index in [4.69, 9.17) is 15.0 Å². The van der Waals surface area contributed by atoms with Gasteiger partial charge in [0.2, 0.25) is 5.95 Å². The Morgan fingerprint density at radius 3 is 1.94 bits per heavy atom. The number of allylic oxidation sites excluding steroid dienone is 1. The summed E-state index contributed by atoms with van der Waals surface area (Å²) >= 11 is 0. The Labute approximate surface area is 180 Å². The third kappa shape index (κ3) is 3.04. The summed E-state index contributed by atoms with van der Waals surface area (Å²) < 4.78 is 2.18. The molecule has 4 nitrogen and oxygen atoms in total. The topological polar surface area (TPSA) is 43.6 Å². The third-order valence-corrected chi connectivity index (χ3v) is 5.74. The molecule has 0 bridgehead atoms. The fourth-order valence-electron chi connectivity index (χ4n) is 4.30. The number of aryl methyl sites for hydroxylation is 1. The first-order chi connectivity index (χ1) is 15.4. The van der Waals surface area contributed by atoms with Gasteiger partial charge in [0.25, 0.3) is 0 Å². The lowest BCUT2D eigenvalue weighted by Crippen LogP contribution is -2.08. The van der Waals surface area contributed by atoms with Crippen molar-refractivity contribution in [3.05, 3.63) is 102 Å². The molecule has 3 aromatic carbocycles. The first-order valence-corrected chi connectivity index (χ1v) is 10.5. The Bertz CT molecular complexity index is 1360. The summed E-state index contributed by atoms with van der Waals surface area (Å²) in [5, 5.41) is 1.27. The van der Waals surface area contributed by atoms with Gasteiger partial charge in [-0.05, 0) is 30.5 Å². The summed E-state index contributed by atoms with van der Waals surface area (Å²) in [7, 11) is 0. The van der Waals surface area contributed by atoms with E-state index in [0.29, 0.717) is 17.6 Å². The molecule has 1 aliphatic rings. The summed E-state index contributed by atoms with van der Waals surface area (Å²) in [5.74, 6) is 2.00. The van der Waals surface area contributed by atoms with Crippen LogP contribution in [0.25, 0.3) is 45.7 Å². The van der Waals surface area contributed by atoms with E-state index in [1.54, 1.807) is 0 Å². The van der Waals surface area contributed by atoms with E-state index in [9.17, 15) is 0 Å². The SMILES string of the molecule is C1=Cc2c(c3ccccc3n2-c2nc(-c3ccccc3)nc(-c3ccccc3)n2)CC1. The van der Waals surface area contributed by atoms with Gasteiger partial charge in [0.1, 0.15) is 0 Å². The van der Waals surface area contributed by atoms with Crippen molar-refractivity contribution in [3.8, 4) is 28.7 Å². The summed E-state index contributed by atoms with van der Waals surface area (Å²) in [4.78, 5) is 14.7. The smallest absolute Gasteiger partial charge is 0.238 e. The molecule has 2 heterocycles. The predicted octanol–water partition coefficient (Wildman–Crippen LogP) is 6.11. The third-order valence-electron chi connectivity index (χ3n) is 5.74. The van der Waals surface area contributed by atoms with Crippen LogP contribution in [0.3, 0.4) is 0 Å². The minimum absolute atomic E-state index is 0.650. The molecule has 6 rings (SSSR count). The Balaban J connectivity index is 1.66. The predicted molar refractivity (Wildman–Crippen MR) is 125 cm³/mol. The molecule has 4 heteroatoms. The molecule has 0 saturated heterocycles. The number of hydrogen-bond acceptors (Lipinski definition) is 3. The first-order valence-electron chi connectivity index (χ1n) is 10.5. The van der Waals surface area contributed by atoms with Crippen LogP contribution in [0.15, 0.2) is 91.0 Å². The van der Waals surface area contributed by atoms with Gasteiger partial charge >= 0.3 is 0 Å². The fourth-order valence-corrected chi connectivity index (χ4v) is 4.30. The van der Waals surface area contributed by atoms with Gasteiger partial charge in [-0.25, -0.2) is 4.98 Å². The highest BCUT2D eigenvalue weighted by atomic mass is 15.2. The molecule has 0 aliphatic heterocycles. The van der Waals surface area contributed by atoms with Crippen molar-refractivity contribution in [3.63, 3.8) is 0 Å².